The zero-order chi connectivity index (χ0) is 15.2. The second-order valence-electron chi connectivity index (χ2n) is 7.89. The van der Waals surface area contributed by atoms with E-state index < -0.39 is 6.61 Å². The van der Waals surface area contributed by atoms with E-state index >= 15 is 0 Å². The summed E-state index contributed by atoms with van der Waals surface area (Å²) in [4.78, 5) is 20.0. The molecule has 4 saturated carbocycles. The fourth-order valence-electron chi connectivity index (χ4n) is 5.69. The molecule has 22 heavy (non-hydrogen) atoms. The zero-order valence-corrected chi connectivity index (χ0v) is 13.0. The summed E-state index contributed by atoms with van der Waals surface area (Å²) in [6.45, 7) is -0.476. The first-order valence-electron chi connectivity index (χ1n) is 8.61. The van der Waals surface area contributed by atoms with E-state index in [-0.39, 0.29) is 5.78 Å². The molecule has 4 heteroatoms. The highest BCUT2D eigenvalue weighted by atomic mass is 16.3. The number of ketones is 1. The first-order valence-corrected chi connectivity index (χ1v) is 8.61. The van der Waals surface area contributed by atoms with Crippen LogP contribution in [0.5, 0.6) is 0 Å². The van der Waals surface area contributed by atoms with Gasteiger partial charge in [-0.05, 0) is 68.1 Å². The van der Waals surface area contributed by atoms with Crippen LogP contribution in [-0.4, -0.2) is 27.5 Å². The van der Waals surface area contributed by atoms with Crippen LogP contribution in [0.15, 0.2) is 12.4 Å². The number of Topliss-reactive ketones (excluding diaryl/α,β-unsaturated/α-hetero) is 1. The summed E-state index contributed by atoms with van der Waals surface area (Å²) in [5.74, 6) is 3.48. The molecule has 118 valence electrons. The van der Waals surface area contributed by atoms with Crippen molar-refractivity contribution in [1.82, 2.24) is 9.97 Å². The number of carbonyl (C=O) groups excluding carboxylic acids is 1. The number of aliphatic hydroxyl groups is 1. The highest BCUT2D eigenvalue weighted by Gasteiger charge is 2.50. The average Bonchev–Trinajstić information content (AvgIpc) is 2.51. The Labute approximate surface area is 131 Å². The Bertz CT molecular complexity index is 532. The summed E-state index contributed by atoms with van der Waals surface area (Å²) < 4.78 is 0. The van der Waals surface area contributed by atoms with Gasteiger partial charge >= 0.3 is 0 Å². The molecule has 4 bridgehead atoms. The van der Waals surface area contributed by atoms with Gasteiger partial charge in [0.05, 0.1) is 5.56 Å². The summed E-state index contributed by atoms with van der Waals surface area (Å²) in [6.07, 6.45) is 13.9. The van der Waals surface area contributed by atoms with Gasteiger partial charge in [-0.25, -0.2) is 9.97 Å². The van der Waals surface area contributed by atoms with Gasteiger partial charge in [-0.2, -0.15) is 0 Å². The van der Waals surface area contributed by atoms with Gasteiger partial charge in [-0.1, -0.05) is 0 Å². The van der Waals surface area contributed by atoms with Crippen LogP contribution in [0.3, 0.4) is 0 Å². The average molecular weight is 300 g/mol. The lowest BCUT2D eigenvalue weighted by Crippen LogP contribution is -2.46. The van der Waals surface area contributed by atoms with E-state index in [4.69, 9.17) is 5.11 Å². The fraction of sp³-hybridized carbons (Fsp3) is 0.722. The predicted octanol–water partition coefficient (Wildman–Crippen LogP) is 2.80. The van der Waals surface area contributed by atoms with E-state index in [1.54, 1.807) is 12.4 Å². The predicted molar refractivity (Wildman–Crippen MR) is 82.4 cm³/mol. The van der Waals surface area contributed by atoms with Crippen molar-refractivity contribution >= 4 is 5.78 Å². The zero-order valence-electron chi connectivity index (χ0n) is 13.0. The third-order valence-corrected chi connectivity index (χ3v) is 6.21. The molecular formula is C18H24N2O2. The van der Waals surface area contributed by atoms with E-state index in [9.17, 15) is 4.79 Å². The number of hydrogen-bond donors (Lipinski definition) is 1. The van der Waals surface area contributed by atoms with Gasteiger partial charge in [0.15, 0.2) is 5.78 Å². The number of nitrogens with zero attached hydrogens (tertiary/aromatic N) is 2. The van der Waals surface area contributed by atoms with Crippen molar-refractivity contribution < 1.29 is 9.90 Å². The molecule has 0 aromatic carbocycles. The van der Waals surface area contributed by atoms with Crippen molar-refractivity contribution in [2.45, 2.75) is 51.4 Å². The van der Waals surface area contributed by atoms with E-state index in [0.717, 1.165) is 30.0 Å². The Morgan fingerprint density at radius 1 is 1.09 bits per heavy atom. The van der Waals surface area contributed by atoms with Crippen molar-refractivity contribution in [1.29, 1.82) is 0 Å². The molecule has 4 nitrogen and oxygen atoms in total. The molecule has 4 aliphatic rings. The van der Waals surface area contributed by atoms with Gasteiger partial charge in [0, 0.05) is 18.8 Å². The van der Waals surface area contributed by atoms with Gasteiger partial charge in [0.1, 0.15) is 12.4 Å². The smallest absolute Gasteiger partial charge is 0.191 e. The molecule has 0 amide bonds. The first-order chi connectivity index (χ1) is 10.7. The van der Waals surface area contributed by atoms with Crippen LogP contribution < -0.4 is 0 Å². The lowest BCUT2D eigenvalue weighted by Gasteiger charge is -2.57. The maximum Gasteiger partial charge on any atom is 0.191 e. The van der Waals surface area contributed by atoms with Crippen LogP contribution in [-0.2, 0) is 6.42 Å². The Hall–Kier alpha value is -1.29. The summed E-state index contributed by atoms with van der Waals surface area (Å²) in [6, 6.07) is 0. The van der Waals surface area contributed by atoms with Crippen LogP contribution in [0.4, 0.5) is 0 Å². The largest absolute Gasteiger partial charge is 0.388 e. The van der Waals surface area contributed by atoms with Gasteiger partial charge in [0.2, 0.25) is 0 Å². The van der Waals surface area contributed by atoms with Crippen molar-refractivity contribution in [2.24, 2.45) is 23.2 Å². The van der Waals surface area contributed by atoms with Gasteiger partial charge < -0.3 is 5.11 Å². The van der Waals surface area contributed by atoms with Crippen LogP contribution in [0, 0.1) is 23.2 Å². The minimum absolute atomic E-state index is 0.312. The molecule has 4 fully saturated rings. The van der Waals surface area contributed by atoms with Gasteiger partial charge in [-0.15, -0.1) is 0 Å². The van der Waals surface area contributed by atoms with Gasteiger partial charge in [0.25, 0.3) is 0 Å². The Morgan fingerprint density at radius 3 is 2.14 bits per heavy atom. The molecule has 0 saturated heterocycles. The second kappa shape index (κ2) is 5.41. The fourth-order valence-corrected chi connectivity index (χ4v) is 5.69. The first kappa shape index (κ1) is 14.3. The number of rotatable bonds is 5. The summed E-state index contributed by atoms with van der Waals surface area (Å²) >= 11 is 0. The van der Waals surface area contributed by atoms with E-state index in [1.807, 2.05) is 0 Å². The Morgan fingerprint density at radius 2 is 1.64 bits per heavy atom. The molecule has 0 radical (unpaired) electrons. The molecule has 0 atom stereocenters. The minimum Gasteiger partial charge on any atom is -0.388 e. The van der Waals surface area contributed by atoms with Crippen molar-refractivity contribution in [2.75, 3.05) is 6.61 Å². The monoisotopic (exact) mass is 300 g/mol. The number of aromatic nitrogens is 2. The van der Waals surface area contributed by atoms with E-state index in [0.29, 0.717) is 11.0 Å². The Kier molecular flexibility index (Phi) is 3.52. The third kappa shape index (κ3) is 2.58. The highest BCUT2D eigenvalue weighted by molar-refractivity contribution is 5.96. The number of aryl methyl sites for hydroxylation is 1. The van der Waals surface area contributed by atoms with Gasteiger partial charge in [-0.3, -0.25) is 4.79 Å². The van der Waals surface area contributed by atoms with Crippen LogP contribution in [0.25, 0.3) is 0 Å². The van der Waals surface area contributed by atoms with Crippen molar-refractivity contribution in [3.63, 3.8) is 0 Å². The normalized spacial score (nSPS) is 35.8. The lowest BCUT2D eigenvalue weighted by molar-refractivity contribution is -0.0572. The maximum atomic E-state index is 11.4. The molecule has 1 aromatic rings. The minimum atomic E-state index is -0.476. The molecular weight excluding hydrogens is 276 g/mol. The maximum absolute atomic E-state index is 11.4. The number of carbonyl (C=O) groups is 1. The van der Waals surface area contributed by atoms with Crippen LogP contribution >= 0.6 is 0 Å². The van der Waals surface area contributed by atoms with Crippen molar-refractivity contribution in [3.05, 3.63) is 23.8 Å². The second-order valence-corrected chi connectivity index (χ2v) is 7.89. The molecule has 4 aliphatic carbocycles. The molecule has 0 unspecified atom stereocenters. The number of aliphatic hydroxyl groups excluding tert-OH is 1. The van der Waals surface area contributed by atoms with E-state index in [1.165, 1.54) is 44.9 Å². The SMILES string of the molecule is O=C(CO)c1cnc(CCC23CC4CC(CC(C4)C2)C3)nc1. The lowest BCUT2D eigenvalue weighted by atomic mass is 9.48. The van der Waals surface area contributed by atoms with Crippen LogP contribution in [0.1, 0.15) is 61.1 Å². The summed E-state index contributed by atoms with van der Waals surface area (Å²) in [5.41, 5.74) is 0.957. The molecule has 1 N–H and O–H groups in total. The quantitative estimate of drug-likeness (QED) is 0.849. The topological polar surface area (TPSA) is 63.1 Å². The highest BCUT2D eigenvalue weighted by Crippen LogP contribution is 2.61. The molecule has 1 aromatic heterocycles. The van der Waals surface area contributed by atoms with E-state index in [2.05, 4.69) is 9.97 Å². The molecule has 0 spiro atoms. The Balaban J connectivity index is 1.41. The third-order valence-electron chi connectivity index (χ3n) is 6.21. The number of hydrogen-bond acceptors (Lipinski definition) is 4. The standard InChI is InChI=1S/C18H24N2O2/c21-11-16(22)15-9-19-17(20-10-15)1-2-18-6-12-3-13(7-18)5-14(4-12)8-18/h9-10,12-14,21H,1-8,11H2. The van der Waals surface area contributed by atoms with Crippen LogP contribution in [0.2, 0.25) is 0 Å². The molecule has 0 aliphatic heterocycles. The van der Waals surface area contributed by atoms with Crippen molar-refractivity contribution in [3.8, 4) is 0 Å². The summed E-state index contributed by atoms with van der Waals surface area (Å²) in [5, 5.41) is 8.85. The summed E-state index contributed by atoms with van der Waals surface area (Å²) in [7, 11) is 0. The molecule has 1 heterocycles. The molecule has 5 rings (SSSR count).